The first-order chi connectivity index (χ1) is 18.0. The molecule has 1 aliphatic heterocycles. The Balaban J connectivity index is 1.48. The number of rotatable bonds is 7. The Morgan fingerprint density at radius 3 is 2.32 bits per heavy atom. The lowest BCUT2D eigenvalue weighted by Crippen LogP contribution is -2.51. The Labute approximate surface area is 221 Å². The first kappa shape index (κ1) is 26.8. The highest BCUT2D eigenvalue weighted by molar-refractivity contribution is 5.94. The Bertz CT molecular complexity index is 1300. The Hall–Kier alpha value is -4.24. The zero-order valence-corrected chi connectivity index (χ0v) is 21.6. The van der Waals surface area contributed by atoms with Gasteiger partial charge in [0, 0.05) is 31.1 Å². The minimum absolute atomic E-state index is 0.0300. The van der Waals surface area contributed by atoms with Crippen molar-refractivity contribution in [1.82, 2.24) is 9.88 Å². The third kappa shape index (κ3) is 6.00. The van der Waals surface area contributed by atoms with E-state index in [0.717, 1.165) is 22.3 Å². The Morgan fingerprint density at radius 2 is 1.76 bits per heavy atom. The highest BCUT2D eigenvalue weighted by Gasteiger charge is 2.46. The summed E-state index contributed by atoms with van der Waals surface area (Å²) in [6.45, 7) is 5.86. The van der Waals surface area contributed by atoms with E-state index in [-0.39, 0.29) is 11.7 Å². The summed E-state index contributed by atoms with van der Waals surface area (Å²) in [6, 6.07) is 20.1. The summed E-state index contributed by atoms with van der Waals surface area (Å²) in [5.41, 5.74) is 6.33. The zero-order chi connectivity index (χ0) is 27.5. The molecule has 1 aliphatic rings. The lowest BCUT2D eigenvalue weighted by atomic mass is 9.80. The molecular formula is C29H31N3O6. The maximum Gasteiger partial charge on any atom is 0.412 e. The van der Waals surface area contributed by atoms with Crippen LogP contribution in [0.4, 0.5) is 9.59 Å². The second kappa shape index (κ2) is 10.6. The van der Waals surface area contributed by atoms with Gasteiger partial charge >= 0.3 is 18.2 Å². The molecule has 0 saturated carbocycles. The molecule has 2 unspecified atom stereocenters. The quantitative estimate of drug-likeness (QED) is 0.335. The van der Waals surface area contributed by atoms with Crippen molar-refractivity contribution < 1.29 is 29.0 Å². The minimum atomic E-state index is -1.19. The van der Waals surface area contributed by atoms with E-state index in [9.17, 15) is 19.5 Å². The smallest absolute Gasteiger partial charge is 0.412 e. The second-order valence-electron chi connectivity index (χ2n) is 10.1. The number of pyridine rings is 1. The van der Waals surface area contributed by atoms with Gasteiger partial charge in [-0.25, -0.2) is 19.4 Å². The SMILES string of the molecule is CC(c1ccc(-c2ccc(C(=O)OC(N)=O)nc2)cc1)N1CCC(CC(C)(C)O)(c2ccccc2)OC1=O. The van der Waals surface area contributed by atoms with Gasteiger partial charge in [0.2, 0.25) is 0 Å². The number of ether oxygens (including phenoxy) is 2. The summed E-state index contributed by atoms with van der Waals surface area (Å²) in [7, 11) is 0. The van der Waals surface area contributed by atoms with Crippen molar-refractivity contribution in [1.29, 1.82) is 0 Å². The van der Waals surface area contributed by atoms with Gasteiger partial charge in [-0.1, -0.05) is 60.7 Å². The third-order valence-electron chi connectivity index (χ3n) is 6.65. The zero-order valence-electron chi connectivity index (χ0n) is 21.6. The van der Waals surface area contributed by atoms with Crippen LogP contribution in [0.5, 0.6) is 0 Å². The standard InChI is InChI=1S/C29H31N3O6/c1-19(20-9-11-21(12-10-20)22-13-14-24(31-17-22)25(33)37-26(30)34)32-16-15-29(38-27(32)35,18-28(2,3)36)23-7-5-4-6-8-23/h4-14,17,19,36H,15-16,18H2,1-3H3,(H2,30,34). The maximum absolute atomic E-state index is 13.3. The lowest BCUT2D eigenvalue weighted by Gasteiger charge is -2.45. The second-order valence-corrected chi connectivity index (χ2v) is 10.1. The fourth-order valence-electron chi connectivity index (χ4n) is 4.85. The molecule has 2 amide bonds. The summed E-state index contributed by atoms with van der Waals surface area (Å²) in [5.74, 6) is -0.916. The summed E-state index contributed by atoms with van der Waals surface area (Å²) in [5, 5.41) is 10.6. The van der Waals surface area contributed by atoms with E-state index < -0.39 is 29.4 Å². The normalized spacial score (nSPS) is 18.4. The van der Waals surface area contributed by atoms with Crippen molar-refractivity contribution in [2.75, 3.05) is 6.54 Å². The summed E-state index contributed by atoms with van der Waals surface area (Å²) in [4.78, 5) is 41.5. The predicted molar refractivity (Wildman–Crippen MR) is 140 cm³/mol. The molecule has 198 valence electrons. The van der Waals surface area contributed by atoms with Gasteiger partial charge in [0.05, 0.1) is 11.6 Å². The molecule has 9 nitrogen and oxygen atoms in total. The molecular weight excluding hydrogens is 486 g/mol. The van der Waals surface area contributed by atoms with Gasteiger partial charge in [-0.2, -0.15) is 0 Å². The Morgan fingerprint density at radius 1 is 1.11 bits per heavy atom. The molecule has 2 atom stereocenters. The van der Waals surface area contributed by atoms with Crippen LogP contribution in [-0.2, 0) is 15.1 Å². The van der Waals surface area contributed by atoms with Crippen LogP contribution in [0.2, 0.25) is 0 Å². The van der Waals surface area contributed by atoms with Crippen LogP contribution in [0.15, 0.2) is 72.9 Å². The molecule has 0 radical (unpaired) electrons. The van der Waals surface area contributed by atoms with E-state index >= 15 is 0 Å². The molecule has 0 aliphatic carbocycles. The van der Waals surface area contributed by atoms with Crippen LogP contribution in [0, 0.1) is 0 Å². The first-order valence-corrected chi connectivity index (χ1v) is 12.3. The average Bonchev–Trinajstić information content (AvgIpc) is 2.88. The molecule has 9 heteroatoms. The number of amides is 2. The number of cyclic esters (lactones) is 1. The molecule has 3 aromatic rings. The van der Waals surface area contributed by atoms with Crippen LogP contribution in [-0.4, -0.2) is 45.3 Å². The topological polar surface area (TPSA) is 132 Å². The van der Waals surface area contributed by atoms with E-state index in [4.69, 9.17) is 10.5 Å². The number of hydrogen-bond donors (Lipinski definition) is 2. The van der Waals surface area contributed by atoms with Crippen LogP contribution in [0.3, 0.4) is 0 Å². The number of carbonyl (C=O) groups is 3. The van der Waals surface area contributed by atoms with Crippen molar-refractivity contribution in [2.24, 2.45) is 5.73 Å². The van der Waals surface area contributed by atoms with Crippen LogP contribution in [0.1, 0.15) is 61.3 Å². The molecule has 38 heavy (non-hydrogen) atoms. The van der Waals surface area contributed by atoms with Crippen LogP contribution >= 0.6 is 0 Å². The number of primary amides is 1. The highest BCUT2D eigenvalue weighted by Crippen LogP contribution is 2.42. The molecule has 1 fully saturated rings. The van der Waals surface area contributed by atoms with E-state index in [1.165, 1.54) is 12.3 Å². The minimum Gasteiger partial charge on any atom is -0.438 e. The number of hydrogen-bond acceptors (Lipinski definition) is 7. The highest BCUT2D eigenvalue weighted by atomic mass is 16.6. The fraction of sp³-hybridized carbons (Fsp3) is 0.310. The third-order valence-corrected chi connectivity index (χ3v) is 6.65. The molecule has 4 rings (SSSR count). The van der Waals surface area contributed by atoms with E-state index in [2.05, 4.69) is 9.72 Å². The van der Waals surface area contributed by atoms with E-state index in [0.29, 0.717) is 19.4 Å². The summed E-state index contributed by atoms with van der Waals surface area (Å²) in [6.07, 6.45) is 0.726. The number of nitrogens with zero attached hydrogens (tertiary/aromatic N) is 2. The number of aromatic nitrogens is 1. The van der Waals surface area contributed by atoms with Crippen molar-refractivity contribution in [3.63, 3.8) is 0 Å². The number of nitrogens with two attached hydrogens (primary N) is 1. The number of esters is 1. The van der Waals surface area contributed by atoms with Gasteiger partial charge in [0.1, 0.15) is 11.3 Å². The number of benzene rings is 2. The van der Waals surface area contributed by atoms with Gasteiger partial charge in [0.25, 0.3) is 0 Å². The lowest BCUT2D eigenvalue weighted by molar-refractivity contribution is -0.101. The maximum atomic E-state index is 13.3. The van der Waals surface area contributed by atoms with Gasteiger partial charge < -0.3 is 25.2 Å². The average molecular weight is 518 g/mol. The largest absolute Gasteiger partial charge is 0.438 e. The molecule has 0 bridgehead atoms. The van der Waals surface area contributed by atoms with E-state index in [1.54, 1.807) is 24.8 Å². The van der Waals surface area contributed by atoms with Crippen molar-refractivity contribution in [3.05, 3.63) is 89.7 Å². The van der Waals surface area contributed by atoms with Gasteiger partial charge in [-0.3, -0.25) is 0 Å². The van der Waals surface area contributed by atoms with Crippen molar-refractivity contribution in [3.8, 4) is 11.1 Å². The molecule has 2 aromatic carbocycles. The van der Waals surface area contributed by atoms with Crippen molar-refractivity contribution in [2.45, 2.75) is 50.9 Å². The fourth-order valence-corrected chi connectivity index (χ4v) is 4.85. The first-order valence-electron chi connectivity index (χ1n) is 12.3. The van der Waals surface area contributed by atoms with E-state index in [1.807, 2.05) is 61.5 Å². The molecule has 2 heterocycles. The van der Waals surface area contributed by atoms with Gasteiger partial charge in [-0.05, 0) is 43.5 Å². The molecule has 1 aromatic heterocycles. The monoisotopic (exact) mass is 517 g/mol. The summed E-state index contributed by atoms with van der Waals surface area (Å²) >= 11 is 0. The van der Waals surface area contributed by atoms with Gasteiger partial charge in [0.15, 0.2) is 0 Å². The molecule has 3 N–H and O–H groups in total. The predicted octanol–water partition coefficient (Wildman–Crippen LogP) is 4.94. The van der Waals surface area contributed by atoms with Crippen LogP contribution < -0.4 is 5.73 Å². The van der Waals surface area contributed by atoms with Crippen LogP contribution in [0.25, 0.3) is 11.1 Å². The molecule has 1 saturated heterocycles. The molecule has 0 spiro atoms. The number of carbonyl (C=O) groups excluding carboxylic acids is 3. The van der Waals surface area contributed by atoms with Crippen molar-refractivity contribution >= 4 is 18.2 Å². The van der Waals surface area contributed by atoms with Gasteiger partial charge in [-0.15, -0.1) is 0 Å². The summed E-state index contributed by atoms with van der Waals surface area (Å²) < 4.78 is 10.4. The Kier molecular flexibility index (Phi) is 7.50. The number of aliphatic hydroxyl groups is 1.